The number of aliphatic hydroxyl groups is 2. The first kappa shape index (κ1) is 20.1. The summed E-state index contributed by atoms with van der Waals surface area (Å²) >= 11 is 0. The van der Waals surface area contributed by atoms with E-state index in [1.54, 1.807) is 0 Å². The van der Waals surface area contributed by atoms with Crippen LogP contribution in [0, 0.1) is 0 Å². The van der Waals surface area contributed by atoms with E-state index < -0.39 is 64.0 Å². The van der Waals surface area contributed by atoms with Crippen molar-refractivity contribution in [2.75, 3.05) is 6.61 Å². The Bertz CT molecular complexity index is 629. The van der Waals surface area contributed by atoms with Gasteiger partial charge in [0.1, 0.15) is 24.4 Å². The molecule has 1 saturated heterocycles. The quantitative estimate of drug-likeness (QED) is 0.285. The molecule has 13 nitrogen and oxygen atoms in total. The fraction of sp³-hybridized carbons (Fsp3) is 0.875. The molecule has 0 spiro atoms. The molecule has 5 atom stereocenters. The van der Waals surface area contributed by atoms with E-state index in [1.807, 2.05) is 0 Å². The molecule has 0 aliphatic carbocycles. The molecule has 0 aromatic heterocycles. The number of amides is 1. The van der Waals surface area contributed by atoms with Crippen LogP contribution < -0.4 is 5.32 Å². The van der Waals surface area contributed by atoms with E-state index in [2.05, 4.69) is 13.7 Å². The highest BCUT2D eigenvalue weighted by Gasteiger charge is 2.48. The van der Waals surface area contributed by atoms with Gasteiger partial charge in [0.05, 0.1) is 6.61 Å². The fourth-order valence-corrected chi connectivity index (χ4v) is 2.70. The zero-order valence-electron chi connectivity index (χ0n) is 11.5. The van der Waals surface area contributed by atoms with E-state index in [0.717, 1.165) is 6.92 Å². The molecule has 1 rings (SSSR count). The lowest BCUT2D eigenvalue weighted by Crippen LogP contribution is -2.65. The summed E-state index contributed by atoms with van der Waals surface area (Å²) in [5.74, 6) is -0.713. The third-order valence-corrected chi connectivity index (χ3v) is 3.58. The topological polar surface area (TPSA) is 206 Å². The van der Waals surface area contributed by atoms with Crippen molar-refractivity contribution in [3.8, 4) is 0 Å². The lowest BCUT2D eigenvalue weighted by molar-refractivity contribution is -0.247. The second-order valence-electron chi connectivity index (χ2n) is 4.48. The van der Waals surface area contributed by atoms with Gasteiger partial charge in [0, 0.05) is 6.92 Å². The Morgan fingerprint density at radius 1 is 1.17 bits per heavy atom. The van der Waals surface area contributed by atoms with Gasteiger partial charge in [-0.25, -0.2) is 8.37 Å². The van der Waals surface area contributed by atoms with Crippen molar-refractivity contribution in [2.45, 2.75) is 37.6 Å². The van der Waals surface area contributed by atoms with Crippen LogP contribution in [0.5, 0.6) is 0 Å². The highest BCUT2D eigenvalue weighted by Crippen LogP contribution is 2.24. The van der Waals surface area contributed by atoms with Crippen LogP contribution in [0.15, 0.2) is 0 Å². The van der Waals surface area contributed by atoms with Crippen LogP contribution in [0.4, 0.5) is 0 Å². The number of hydrogen-bond acceptors (Lipinski definition) is 10. The van der Waals surface area contributed by atoms with E-state index in [4.69, 9.17) is 13.8 Å². The molecule has 0 radical (unpaired) electrons. The number of nitrogens with one attached hydrogen (secondary N) is 1. The van der Waals surface area contributed by atoms with Gasteiger partial charge in [-0.15, -0.1) is 0 Å². The predicted octanol–water partition coefficient (Wildman–Crippen LogP) is -3.42. The summed E-state index contributed by atoms with van der Waals surface area (Å²) in [6.07, 6.45) is -7.49. The van der Waals surface area contributed by atoms with Gasteiger partial charge in [-0.05, 0) is 0 Å². The van der Waals surface area contributed by atoms with Gasteiger partial charge in [-0.1, -0.05) is 0 Å². The Labute approximate surface area is 131 Å². The maximum absolute atomic E-state index is 11.0. The molecule has 1 amide bonds. The van der Waals surface area contributed by atoms with E-state index in [-0.39, 0.29) is 0 Å². The molecule has 0 unspecified atom stereocenters. The molecule has 15 heteroatoms. The van der Waals surface area contributed by atoms with Gasteiger partial charge in [0.25, 0.3) is 0 Å². The number of carbonyl (C=O) groups excluding carboxylic acids is 1. The molecule has 1 aliphatic rings. The second kappa shape index (κ2) is 7.32. The van der Waals surface area contributed by atoms with Gasteiger partial charge in [-0.2, -0.15) is 16.8 Å². The molecule has 0 aromatic carbocycles. The zero-order valence-corrected chi connectivity index (χ0v) is 13.1. The SMILES string of the molecule is CC(=O)N[C@@H]1[C@@H](O)[C@@H](OS(=O)(=O)O)[C@@H](COS(=O)(=O)O)O[C@@H]1O. The van der Waals surface area contributed by atoms with Crippen molar-refractivity contribution in [1.82, 2.24) is 5.32 Å². The minimum absolute atomic E-state index is 0.713. The molecule has 0 bridgehead atoms. The fourth-order valence-electron chi connectivity index (χ4n) is 1.87. The Balaban J connectivity index is 3.01. The summed E-state index contributed by atoms with van der Waals surface area (Å²) in [5.41, 5.74) is 0. The van der Waals surface area contributed by atoms with Gasteiger partial charge in [0.2, 0.25) is 5.91 Å². The molecular formula is C8H15NO12S2. The van der Waals surface area contributed by atoms with Crippen LogP contribution in [0.1, 0.15) is 6.92 Å². The molecule has 23 heavy (non-hydrogen) atoms. The van der Waals surface area contributed by atoms with Crippen LogP contribution >= 0.6 is 0 Å². The average Bonchev–Trinajstić information content (AvgIpc) is 2.33. The number of hydrogen-bond donors (Lipinski definition) is 5. The Kier molecular flexibility index (Phi) is 6.41. The van der Waals surface area contributed by atoms with E-state index in [0.29, 0.717) is 0 Å². The van der Waals surface area contributed by atoms with Crippen LogP contribution in [0.3, 0.4) is 0 Å². The number of ether oxygens (including phenoxy) is 1. The third kappa shape index (κ3) is 6.61. The molecule has 136 valence electrons. The third-order valence-electron chi connectivity index (χ3n) is 2.68. The monoisotopic (exact) mass is 381 g/mol. The second-order valence-corrected chi connectivity index (χ2v) is 6.62. The van der Waals surface area contributed by atoms with Crippen LogP contribution in [-0.2, 0) is 38.7 Å². The largest absolute Gasteiger partial charge is 0.397 e. The maximum atomic E-state index is 11.0. The van der Waals surface area contributed by atoms with Crippen molar-refractivity contribution >= 4 is 26.7 Å². The molecule has 1 heterocycles. The van der Waals surface area contributed by atoms with Crippen molar-refractivity contribution in [3.05, 3.63) is 0 Å². The normalized spacial score (nSPS) is 32.5. The van der Waals surface area contributed by atoms with Crippen LogP contribution in [0.25, 0.3) is 0 Å². The van der Waals surface area contributed by atoms with E-state index in [1.165, 1.54) is 0 Å². The Hall–Kier alpha value is -0.910. The molecule has 5 N–H and O–H groups in total. The Morgan fingerprint density at radius 2 is 1.74 bits per heavy atom. The van der Waals surface area contributed by atoms with E-state index in [9.17, 15) is 31.8 Å². The van der Waals surface area contributed by atoms with E-state index >= 15 is 0 Å². The summed E-state index contributed by atoms with van der Waals surface area (Å²) in [6, 6.07) is -1.54. The summed E-state index contributed by atoms with van der Waals surface area (Å²) in [7, 11) is -10.1. The maximum Gasteiger partial charge on any atom is 0.397 e. The van der Waals surface area contributed by atoms with Gasteiger partial charge < -0.3 is 20.3 Å². The lowest BCUT2D eigenvalue weighted by Gasteiger charge is -2.41. The van der Waals surface area contributed by atoms with Gasteiger partial charge in [-0.3, -0.25) is 13.9 Å². The number of rotatable bonds is 6. The first-order valence-corrected chi connectivity index (χ1v) is 8.59. The minimum atomic E-state index is -5.11. The minimum Gasteiger partial charge on any atom is -0.388 e. The summed E-state index contributed by atoms with van der Waals surface area (Å²) in [5, 5.41) is 21.7. The van der Waals surface area contributed by atoms with Crippen LogP contribution in [-0.4, -0.2) is 79.3 Å². The summed E-state index contributed by atoms with van der Waals surface area (Å²) < 4.78 is 72.8. The van der Waals surface area contributed by atoms with Crippen molar-refractivity contribution in [1.29, 1.82) is 0 Å². The van der Waals surface area contributed by atoms with Crippen molar-refractivity contribution < 1.29 is 54.1 Å². The molecular weight excluding hydrogens is 366 g/mol. The molecule has 0 aromatic rings. The number of carbonyl (C=O) groups is 1. The van der Waals surface area contributed by atoms with Gasteiger partial charge >= 0.3 is 20.8 Å². The van der Waals surface area contributed by atoms with Crippen LogP contribution in [0.2, 0.25) is 0 Å². The lowest BCUT2D eigenvalue weighted by atomic mass is 9.97. The molecule has 1 aliphatic heterocycles. The first-order chi connectivity index (χ1) is 10.3. The summed E-state index contributed by atoms with van der Waals surface area (Å²) in [6.45, 7) is -0.0223. The van der Waals surface area contributed by atoms with Crippen molar-refractivity contribution in [3.63, 3.8) is 0 Å². The molecule has 0 saturated carbocycles. The smallest absolute Gasteiger partial charge is 0.388 e. The standard InChI is InChI=1S/C8H15NO12S2/c1-3(10)9-5-6(11)7(21-23(16,17)18)4(20-8(5)12)2-19-22(13,14)15/h4-8,11-12H,2H2,1H3,(H,9,10)(H,13,14,15)(H,16,17,18)/t4-,5-,6-,7+,8+/m1/s1. The zero-order chi connectivity index (χ0) is 18.0. The predicted molar refractivity (Wildman–Crippen MR) is 68.4 cm³/mol. The molecule has 1 fully saturated rings. The van der Waals surface area contributed by atoms with Gasteiger partial charge in [0.15, 0.2) is 6.29 Å². The highest BCUT2D eigenvalue weighted by atomic mass is 32.3. The van der Waals surface area contributed by atoms with Crippen molar-refractivity contribution in [2.24, 2.45) is 0 Å². The summed E-state index contributed by atoms with van der Waals surface area (Å²) in [4.78, 5) is 11.0. The average molecular weight is 381 g/mol. The first-order valence-electron chi connectivity index (χ1n) is 5.86. The highest BCUT2D eigenvalue weighted by molar-refractivity contribution is 7.81. The number of aliphatic hydroxyl groups excluding tert-OH is 2. The Morgan fingerprint density at radius 3 is 2.17 bits per heavy atom.